The standard InChI is InChI=1S/C20H27N3O3S/c1-15-14-18(16(2)22(15)3)10-11-21-20(24)17-6-8-19(9-7-17)27(25,26)23-12-4-5-13-23/h6-9,14H,4-5,10-13H2,1-3H3,(H,21,24). The van der Waals surface area contributed by atoms with Gasteiger partial charge in [-0.1, -0.05) is 0 Å². The molecule has 1 aromatic carbocycles. The van der Waals surface area contributed by atoms with Crippen LogP contribution < -0.4 is 5.32 Å². The predicted octanol–water partition coefficient (Wildman–Crippen LogP) is 2.40. The first-order valence-electron chi connectivity index (χ1n) is 9.31. The maximum Gasteiger partial charge on any atom is 0.251 e. The molecule has 1 amide bonds. The molecule has 146 valence electrons. The van der Waals surface area contributed by atoms with Crippen molar-refractivity contribution in [2.75, 3.05) is 19.6 Å². The quantitative estimate of drug-likeness (QED) is 0.825. The van der Waals surface area contributed by atoms with Crippen molar-refractivity contribution >= 4 is 15.9 Å². The molecule has 27 heavy (non-hydrogen) atoms. The molecule has 0 saturated carbocycles. The summed E-state index contributed by atoms with van der Waals surface area (Å²) in [5, 5.41) is 2.91. The highest BCUT2D eigenvalue weighted by Gasteiger charge is 2.27. The molecule has 2 heterocycles. The summed E-state index contributed by atoms with van der Waals surface area (Å²) in [6, 6.07) is 8.34. The van der Waals surface area contributed by atoms with Crippen LogP contribution in [0.3, 0.4) is 0 Å². The molecule has 1 N–H and O–H groups in total. The van der Waals surface area contributed by atoms with Crippen LogP contribution >= 0.6 is 0 Å². The molecule has 1 saturated heterocycles. The summed E-state index contributed by atoms with van der Waals surface area (Å²) >= 11 is 0. The zero-order valence-electron chi connectivity index (χ0n) is 16.2. The zero-order chi connectivity index (χ0) is 19.6. The summed E-state index contributed by atoms with van der Waals surface area (Å²) in [7, 11) is -1.41. The molecule has 0 radical (unpaired) electrons. The number of amides is 1. The van der Waals surface area contributed by atoms with Gasteiger partial charge in [0.25, 0.3) is 5.91 Å². The lowest BCUT2D eigenvalue weighted by Crippen LogP contribution is -2.28. The Bertz CT molecular complexity index is 924. The number of carbonyl (C=O) groups is 1. The maximum absolute atomic E-state index is 12.5. The first-order chi connectivity index (χ1) is 12.8. The van der Waals surface area contributed by atoms with E-state index in [0.29, 0.717) is 25.2 Å². The van der Waals surface area contributed by atoms with Gasteiger partial charge in [0.05, 0.1) is 4.90 Å². The third-order valence-electron chi connectivity index (χ3n) is 5.38. The number of hydrogen-bond acceptors (Lipinski definition) is 3. The number of nitrogens with zero attached hydrogens (tertiary/aromatic N) is 2. The van der Waals surface area contributed by atoms with Crippen LogP contribution in [0.25, 0.3) is 0 Å². The summed E-state index contributed by atoms with van der Waals surface area (Å²) in [6.07, 6.45) is 2.57. The van der Waals surface area contributed by atoms with Crippen molar-refractivity contribution in [2.45, 2.75) is 38.0 Å². The maximum atomic E-state index is 12.5. The molecule has 0 atom stereocenters. The number of nitrogens with one attached hydrogen (secondary N) is 1. The lowest BCUT2D eigenvalue weighted by molar-refractivity contribution is 0.0954. The van der Waals surface area contributed by atoms with Crippen molar-refractivity contribution in [1.29, 1.82) is 0 Å². The van der Waals surface area contributed by atoms with Crippen molar-refractivity contribution < 1.29 is 13.2 Å². The van der Waals surface area contributed by atoms with Gasteiger partial charge in [-0.25, -0.2) is 8.42 Å². The average molecular weight is 390 g/mol. The molecule has 2 aromatic rings. The lowest BCUT2D eigenvalue weighted by Gasteiger charge is -2.15. The number of hydrogen-bond donors (Lipinski definition) is 1. The van der Waals surface area contributed by atoms with E-state index < -0.39 is 10.0 Å². The molecule has 1 aliphatic rings. The highest BCUT2D eigenvalue weighted by atomic mass is 32.2. The van der Waals surface area contributed by atoms with Crippen molar-refractivity contribution in [3.05, 3.63) is 52.8 Å². The molecule has 1 fully saturated rings. The van der Waals surface area contributed by atoms with E-state index in [9.17, 15) is 13.2 Å². The van der Waals surface area contributed by atoms with Gasteiger partial charge >= 0.3 is 0 Å². The number of benzene rings is 1. The van der Waals surface area contributed by atoms with Gasteiger partial charge in [0.1, 0.15) is 0 Å². The van der Waals surface area contributed by atoms with Gasteiger partial charge in [0.15, 0.2) is 0 Å². The zero-order valence-corrected chi connectivity index (χ0v) is 17.0. The SMILES string of the molecule is Cc1cc(CCNC(=O)c2ccc(S(=O)(=O)N3CCCC3)cc2)c(C)n1C. The van der Waals surface area contributed by atoms with Crippen LogP contribution in [0.5, 0.6) is 0 Å². The molecule has 0 bridgehead atoms. The van der Waals surface area contributed by atoms with Gasteiger partial charge in [0.2, 0.25) is 10.0 Å². The number of rotatable bonds is 6. The molecule has 0 aliphatic carbocycles. The Hall–Kier alpha value is -2.12. The van der Waals surface area contributed by atoms with Crippen LogP contribution in [0.1, 0.15) is 40.2 Å². The smallest absolute Gasteiger partial charge is 0.251 e. The fourth-order valence-corrected chi connectivity index (χ4v) is 4.97. The monoisotopic (exact) mass is 389 g/mol. The van der Waals surface area contributed by atoms with Crippen molar-refractivity contribution in [1.82, 2.24) is 14.2 Å². The van der Waals surface area contributed by atoms with Crippen LogP contribution in [-0.4, -0.2) is 42.8 Å². The third-order valence-corrected chi connectivity index (χ3v) is 7.29. The highest BCUT2D eigenvalue weighted by Crippen LogP contribution is 2.21. The highest BCUT2D eigenvalue weighted by molar-refractivity contribution is 7.89. The summed E-state index contributed by atoms with van der Waals surface area (Å²) in [5.74, 6) is -0.189. The number of aromatic nitrogens is 1. The fourth-order valence-electron chi connectivity index (χ4n) is 3.46. The normalized spacial score (nSPS) is 15.2. The van der Waals surface area contributed by atoms with E-state index in [1.807, 2.05) is 7.05 Å². The summed E-state index contributed by atoms with van der Waals surface area (Å²) in [5.41, 5.74) is 4.10. The Morgan fingerprint density at radius 2 is 1.74 bits per heavy atom. The van der Waals surface area contributed by atoms with E-state index in [-0.39, 0.29) is 10.8 Å². The molecule has 0 unspecified atom stereocenters. The molecule has 1 aliphatic heterocycles. The van der Waals surface area contributed by atoms with Gasteiger partial charge in [-0.15, -0.1) is 0 Å². The van der Waals surface area contributed by atoms with E-state index in [0.717, 1.165) is 19.3 Å². The van der Waals surface area contributed by atoms with E-state index >= 15 is 0 Å². The van der Waals surface area contributed by atoms with Crippen LogP contribution in [0, 0.1) is 13.8 Å². The summed E-state index contributed by atoms with van der Waals surface area (Å²) in [6.45, 7) is 5.82. The van der Waals surface area contributed by atoms with Crippen molar-refractivity contribution in [3.63, 3.8) is 0 Å². The lowest BCUT2D eigenvalue weighted by atomic mass is 10.1. The van der Waals surface area contributed by atoms with E-state index in [1.165, 1.54) is 33.4 Å². The number of aryl methyl sites for hydroxylation is 1. The van der Waals surface area contributed by atoms with Crippen LogP contribution in [0.2, 0.25) is 0 Å². The van der Waals surface area contributed by atoms with Crippen LogP contribution in [0.15, 0.2) is 35.2 Å². The minimum absolute atomic E-state index is 0.189. The van der Waals surface area contributed by atoms with Crippen molar-refractivity contribution in [2.24, 2.45) is 7.05 Å². The van der Waals surface area contributed by atoms with Gasteiger partial charge < -0.3 is 9.88 Å². The molecule has 3 rings (SSSR count). The first kappa shape index (κ1) is 19.6. The van der Waals surface area contributed by atoms with Crippen LogP contribution in [0.4, 0.5) is 0 Å². The second-order valence-electron chi connectivity index (χ2n) is 7.10. The minimum Gasteiger partial charge on any atom is -0.352 e. The fraction of sp³-hybridized carbons (Fsp3) is 0.450. The second kappa shape index (κ2) is 7.86. The first-order valence-corrected chi connectivity index (χ1v) is 10.7. The average Bonchev–Trinajstić information content (AvgIpc) is 3.28. The van der Waals surface area contributed by atoms with Gasteiger partial charge in [0, 0.05) is 43.6 Å². The molecular weight excluding hydrogens is 362 g/mol. The molecule has 6 nitrogen and oxygen atoms in total. The van der Waals surface area contributed by atoms with E-state index in [1.54, 1.807) is 12.1 Å². The Kier molecular flexibility index (Phi) is 5.72. The summed E-state index contributed by atoms with van der Waals surface area (Å²) < 4.78 is 28.7. The Labute approximate surface area is 161 Å². The Morgan fingerprint density at radius 1 is 1.11 bits per heavy atom. The van der Waals surface area contributed by atoms with E-state index in [2.05, 4.69) is 29.8 Å². The molecule has 7 heteroatoms. The number of carbonyl (C=O) groups excluding carboxylic acids is 1. The molecule has 1 aromatic heterocycles. The molecule has 0 spiro atoms. The van der Waals surface area contributed by atoms with E-state index in [4.69, 9.17) is 0 Å². The van der Waals surface area contributed by atoms with Crippen molar-refractivity contribution in [3.8, 4) is 0 Å². The largest absolute Gasteiger partial charge is 0.352 e. The Morgan fingerprint density at radius 3 is 2.30 bits per heavy atom. The van der Waals surface area contributed by atoms with Gasteiger partial charge in [-0.05, 0) is 69.0 Å². The second-order valence-corrected chi connectivity index (χ2v) is 9.03. The predicted molar refractivity (Wildman–Crippen MR) is 105 cm³/mol. The Balaban J connectivity index is 1.59. The topological polar surface area (TPSA) is 71.4 Å². The third kappa shape index (κ3) is 4.09. The van der Waals surface area contributed by atoms with Gasteiger partial charge in [-0.3, -0.25) is 4.79 Å². The number of sulfonamides is 1. The summed E-state index contributed by atoms with van der Waals surface area (Å²) in [4.78, 5) is 12.6. The van der Waals surface area contributed by atoms with Crippen LogP contribution in [-0.2, 0) is 23.5 Å². The van der Waals surface area contributed by atoms with Gasteiger partial charge in [-0.2, -0.15) is 4.31 Å². The minimum atomic E-state index is -3.44. The molecular formula is C20H27N3O3S.